The lowest BCUT2D eigenvalue weighted by atomic mass is 11.5. The standard InChI is InChI=1S/CH7N2O2P/c1-2-3-6(4)5/h2-5H,1H3. The number of hydrazine groups is 1. The van der Waals surface area contributed by atoms with E-state index in [0.717, 1.165) is 0 Å². The third kappa shape index (κ3) is 4.27. The third-order valence-electron chi connectivity index (χ3n) is 0.212. The monoisotopic (exact) mass is 110 g/mol. The van der Waals surface area contributed by atoms with E-state index in [4.69, 9.17) is 9.79 Å². The second-order valence-electron chi connectivity index (χ2n) is 0.651. The molecule has 0 spiro atoms. The van der Waals surface area contributed by atoms with E-state index in [9.17, 15) is 0 Å². The molecule has 0 aromatic carbocycles. The SMILES string of the molecule is CNNP(O)O. The van der Waals surface area contributed by atoms with Crippen molar-refractivity contribution < 1.29 is 9.79 Å². The fourth-order valence-corrected chi connectivity index (χ4v) is 0.300. The summed E-state index contributed by atoms with van der Waals surface area (Å²) in [4.78, 5) is 16.0. The molecule has 0 aromatic heterocycles. The van der Waals surface area contributed by atoms with Crippen LogP contribution in [0.4, 0.5) is 0 Å². The van der Waals surface area contributed by atoms with Crippen LogP contribution in [-0.2, 0) is 0 Å². The van der Waals surface area contributed by atoms with E-state index < -0.39 is 8.53 Å². The molecule has 0 aromatic rings. The molecule has 0 amide bonds. The first-order valence-corrected chi connectivity index (χ1v) is 2.62. The van der Waals surface area contributed by atoms with Gasteiger partial charge in [-0.1, -0.05) is 0 Å². The highest BCUT2D eigenvalue weighted by Gasteiger charge is 1.87. The van der Waals surface area contributed by atoms with Crippen LogP contribution in [0.1, 0.15) is 0 Å². The van der Waals surface area contributed by atoms with Gasteiger partial charge >= 0.3 is 0 Å². The lowest BCUT2D eigenvalue weighted by Crippen LogP contribution is -2.21. The van der Waals surface area contributed by atoms with Gasteiger partial charge in [0.15, 0.2) is 0 Å². The Hall–Kier alpha value is 0.270. The van der Waals surface area contributed by atoms with Crippen LogP contribution in [-0.4, -0.2) is 16.8 Å². The number of hydrogen-bond donors (Lipinski definition) is 4. The summed E-state index contributed by atoms with van der Waals surface area (Å²) in [6.45, 7) is 0. The maximum atomic E-state index is 8.00. The number of nitrogens with one attached hydrogen (secondary N) is 2. The van der Waals surface area contributed by atoms with E-state index in [1.807, 2.05) is 0 Å². The van der Waals surface area contributed by atoms with Crippen LogP contribution >= 0.6 is 8.53 Å². The van der Waals surface area contributed by atoms with E-state index in [1.54, 1.807) is 7.05 Å². The minimum atomic E-state index is -1.96. The van der Waals surface area contributed by atoms with Crippen LogP contribution in [0.25, 0.3) is 0 Å². The molecule has 0 fully saturated rings. The molecule has 0 unspecified atom stereocenters. The van der Waals surface area contributed by atoms with Crippen LogP contribution in [0.15, 0.2) is 0 Å². The van der Waals surface area contributed by atoms with Gasteiger partial charge in [0.2, 0.25) is 0 Å². The van der Waals surface area contributed by atoms with Crippen molar-refractivity contribution in [3.8, 4) is 0 Å². The Labute approximate surface area is 37.1 Å². The lowest BCUT2D eigenvalue weighted by molar-refractivity contribution is 0.455. The zero-order valence-corrected chi connectivity index (χ0v) is 4.24. The van der Waals surface area contributed by atoms with Crippen LogP contribution < -0.4 is 10.6 Å². The van der Waals surface area contributed by atoms with Crippen molar-refractivity contribution in [1.82, 2.24) is 10.6 Å². The summed E-state index contributed by atoms with van der Waals surface area (Å²) >= 11 is 0. The first-order valence-electron chi connectivity index (χ1n) is 1.37. The van der Waals surface area contributed by atoms with Gasteiger partial charge in [0.1, 0.15) is 0 Å². The summed E-state index contributed by atoms with van der Waals surface area (Å²) in [5.41, 5.74) is 2.35. The van der Waals surface area contributed by atoms with Crippen molar-refractivity contribution in [2.45, 2.75) is 0 Å². The van der Waals surface area contributed by atoms with Crippen molar-refractivity contribution >= 4 is 8.53 Å². The molecule has 0 rings (SSSR count). The van der Waals surface area contributed by atoms with Crippen molar-refractivity contribution in [2.75, 3.05) is 7.05 Å². The molecular weight excluding hydrogens is 103 g/mol. The quantitative estimate of drug-likeness (QED) is 0.270. The summed E-state index contributed by atoms with van der Waals surface area (Å²) < 4.78 is 0. The molecule has 6 heavy (non-hydrogen) atoms. The maximum absolute atomic E-state index is 8.00. The molecule has 5 heteroatoms. The molecule has 0 bridgehead atoms. The molecule has 0 saturated carbocycles. The molecule has 0 aliphatic heterocycles. The average molecular weight is 110 g/mol. The highest BCUT2D eigenvalue weighted by Crippen LogP contribution is 2.11. The van der Waals surface area contributed by atoms with Crippen molar-refractivity contribution in [2.24, 2.45) is 0 Å². The summed E-state index contributed by atoms with van der Waals surface area (Å²) in [6.07, 6.45) is 0. The molecule has 4 N–H and O–H groups in total. The first kappa shape index (κ1) is 6.27. The zero-order valence-electron chi connectivity index (χ0n) is 3.34. The largest absolute Gasteiger partial charge is 0.337 e. The predicted molar refractivity (Wildman–Crippen MR) is 23.6 cm³/mol. The van der Waals surface area contributed by atoms with E-state index in [0.29, 0.717) is 0 Å². The van der Waals surface area contributed by atoms with Gasteiger partial charge in [-0.15, -0.1) is 0 Å². The van der Waals surface area contributed by atoms with Crippen LogP contribution in [0.2, 0.25) is 0 Å². The highest BCUT2D eigenvalue weighted by molar-refractivity contribution is 7.42. The van der Waals surface area contributed by atoms with Gasteiger partial charge in [-0.05, 0) is 7.05 Å². The lowest BCUT2D eigenvalue weighted by Gasteiger charge is -1.98. The van der Waals surface area contributed by atoms with Crippen LogP contribution in [0.3, 0.4) is 0 Å². The highest BCUT2D eigenvalue weighted by atomic mass is 31.2. The smallest absolute Gasteiger partial charge is 0.264 e. The first-order chi connectivity index (χ1) is 2.77. The third-order valence-corrected chi connectivity index (χ3v) is 0.635. The Morgan fingerprint density at radius 1 is 1.50 bits per heavy atom. The molecular formula is CH7N2O2P. The summed E-state index contributed by atoms with van der Waals surface area (Å²) in [6, 6.07) is 0. The Bertz CT molecular complexity index is 32.7. The van der Waals surface area contributed by atoms with Crippen molar-refractivity contribution in [3.63, 3.8) is 0 Å². The van der Waals surface area contributed by atoms with Crippen LogP contribution in [0, 0.1) is 0 Å². The topological polar surface area (TPSA) is 64.5 Å². The van der Waals surface area contributed by atoms with Gasteiger partial charge in [-0.25, -0.2) is 0 Å². The van der Waals surface area contributed by atoms with E-state index in [-0.39, 0.29) is 0 Å². The van der Waals surface area contributed by atoms with Gasteiger partial charge in [0, 0.05) is 0 Å². The average Bonchev–Trinajstić information content (AvgIpc) is 1.35. The van der Waals surface area contributed by atoms with Gasteiger partial charge in [-0.2, -0.15) is 5.20 Å². The van der Waals surface area contributed by atoms with E-state index in [2.05, 4.69) is 10.6 Å². The predicted octanol–water partition coefficient (Wildman–Crippen LogP) is -1.08. The molecule has 0 radical (unpaired) electrons. The molecule has 0 aliphatic rings. The van der Waals surface area contributed by atoms with Crippen molar-refractivity contribution in [1.29, 1.82) is 0 Å². The Morgan fingerprint density at radius 3 is 2.00 bits per heavy atom. The fourth-order valence-electron chi connectivity index (χ4n) is 0.100. The molecule has 4 nitrogen and oxygen atoms in total. The second-order valence-corrected chi connectivity index (χ2v) is 1.45. The number of hydrogen-bond acceptors (Lipinski definition) is 4. The van der Waals surface area contributed by atoms with Gasteiger partial charge in [0.25, 0.3) is 8.53 Å². The Balaban J connectivity index is 2.63. The normalized spacial score (nSPS) is 10.0. The maximum Gasteiger partial charge on any atom is 0.264 e. The Morgan fingerprint density at radius 2 is 2.00 bits per heavy atom. The zero-order chi connectivity index (χ0) is 4.99. The molecule has 0 aliphatic carbocycles. The van der Waals surface area contributed by atoms with Gasteiger partial charge in [-0.3, -0.25) is 5.43 Å². The Kier molecular flexibility index (Phi) is 3.62. The van der Waals surface area contributed by atoms with Crippen LogP contribution in [0.5, 0.6) is 0 Å². The summed E-state index contributed by atoms with van der Waals surface area (Å²) in [5, 5.41) is 2.13. The van der Waals surface area contributed by atoms with Gasteiger partial charge < -0.3 is 9.79 Å². The number of rotatable bonds is 2. The molecule has 0 atom stereocenters. The minimum Gasteiger partial charge on any atom is -0.337 e. The van der Waals surface area contributed by atoms with Gasteiger partial charge in [0.05, 0.1) is 0 Å². The fraction of sp³-hybridized carbons (Fsp3) is 1.00. The second kappa shape index (κ2) is 3.46. The molecule has 38 valence electrons. The summed E-state index contributed by atoms with van der Waals surface area (Å²) in [5.74, 6) is 0. The minimum absolute atomic E-state index is 1.56. The summed E-state index contributed by atoms with van der Waals surface area (Å²) in [7, 11) is -0.404. The molecule has 0 saturated heterocycles. The molecule has 0 heterocycles. The van der Waals surface area contributed by atoms with E-state index in [1.165, 1.54) is 0 Å². The van der Waals surface area contributed by atoms with E-state index >= 15 is 0 Å². The van der Waals surface area contributed by atoms with Crippen molar-refractivity contribution in [3.05, 3.63) is 0 Å².